The standard InChI is InChI=1S/C22H21N5O5/c1-4-31-17-10-13(14-7-11(2)8-15(9-14)32-12(3)22(29)30)5-6-16(17)19-23-20-18(21(28)24-19)25-27-26-20/h5-10,12H,4H2,1-3H3,(H,29,30)(H2,23,24,25,26,27,28)/t12-/m1/s1. The molecule has 0 radical (unpaired) electrons. The van der Waals surface area contributed by atoms with Crippen molar-refractivity contribution in [1.29, 1.82) is 0 Å². The van der Waals surface area contributed by atoms with Gasteiger partial charge in [-0.05, 0) is 61.7 Å². The molecule has 4 rings (SSSR count). The smallest absolute Gasteiger partial charge is 0.344 e. The highest BCUT2D eigenvalue weighted by Gasteiger charge is 2.16. The molecule has 0 unspecified atom stereocenters. The third-order valence-electron chi connectivity index (χ3n) is 4.78. The van der Waals surface area contributed by atoms with Gasteiger partial charge in [0.15, 0.2) is 17.3 Å². The number of aromatic amines is 2. The highest BCUT2D eigenvalue weighted by molar-refractivity contribution is 5.77. The summed E-state index contributed by atoms with van der Waals surface area (Å²) in [7, 11) is 0. The number of H-pyrrole nitrogens is 2. The van der Waals surface area contributed by atoms with Gasteiger partial charge in [0.05, 0.1) is 12.2 Å². The number of nitrogens with one attached hydrogen (secondary N) is 2. The van der Waals surface area contributed by atoms with Crippen molar-refractivity contribution in [2.75, 3.05) is 6.61 Å². The maximum atomic E-state index is 12.3. The number of carbonyl (C=O) groups is 1. The lowest BCUT2D eigenvalue weighted by Gasteiger charge is -2.15. The van der Waals surface area contributed by atoms with Gasteiger partial charge in [0, 0.05) is 0 Å². The van der Waals surface area contributed by atoms with E-state index in [4.69, 9.17) is 14.6 Å². The number of nitrogens with zero attached hydrogens (tertiary/aromatic N) is 3. The molecule has 0 aliphatic heterocycles. The maximum absolute atomic E-state index is 12.3. The summed E-state index contributed by atoms with van der Waals surface area (Å²) in [6.45, 7) is 5.65. The summed E-state index contributed by atoms with van der Waals surface area (Å²) < 4.78 is 11.4. The molecule has 2 aromatic heterocycles. The summed E-state index contributed by atoms with van der Waals surface area (Å²) in [5.41, 5.74) is 3.20. The molecule has 10 heteroatoms. The number of hydrogen-bond acceptors (Lipinski definition) is 7. The van der Waals surface area contributed by atoms with Crippen molar-refractivity contribution in [2.24, 2.45) is 0 Å². The Kier molecular flexibility index (Phi) is 5.59. The fourth-order valence-electron chi connectivity index (χ4n) is 3.30. The quantitative estimate of drug-likeness (QED) is 0.402. The van der Waals surface area contributed by atoms with Gasteiger partial charge < -0.3 is 19.6 Å². The summed E-state index contributed by atoms with van der Waals surface area (Å²) in [6, 6.07) is 11.0. The summed E-state index contributed by atoms with van der Waals surface area (Å²) in [4.78, 5) is 30.5. The number of carboxylic acid groups (broad SMARTS) is 1. The Morgan fingerprint density at radius 1 is 1.19 bits per heavy atom. The first-order valence-electron chi connectivity index (χ1n) is 9.95. The van der Waals surface area contributed by atoms with Crippen LogP contribution in [-0.4, -0.2) is 49.2 Å². The Labute approximate surface area is 182 Å². The van der Waals surface area contributed by atoms with Crippen LogP contribution in [0.3, 0.4) is 0 Å². The SMILES string of the molecule is CCOc1cc(-c2cc(C)cc(O[C@H](C)C(=O)O)c2)ccc1-c1nc2[nH]nnc2c(=O)[nH]1. The second-order valence-electron chi connectivity index (χ2n) is 7.20. The minimum absolute atomic E-state index is 0.131. The zero-order valence-corrected chi connectivity index (χ0v) is 17.7. The van der Waals surface area contributed by atoms with Crippen molar-refractivity contribution in [2.45, 2.75) is 26.9 Å². The van der Waals surface area contributed by atoms with Gasteiger partial charge in [0.1, 0.15) is 17.3 Å². The lowest BCUT2D eigenvalue weighted by molar-refractivity contribution is -0.144. The number of carboxylic acids is 1. The third-order valence-corrected chi connectivity index (χ3v) is 4.78. The number of rotatable bonds is 7. The fourth-order valence-corrected chi connectivity index (χ4v) is 3.30. The average Bonchev–Trinajstić information content (AvgIpc) is 3.23. The van der Waals surface area contributed by atoms with Gasteiger partial charge in [0.2, 0.25) is 0 Å². The van der Waals surface area contributed by atoms with Crippen molar-refractivity contribution in [1.82, 2.24) is 25.4 Å². The van der Waals surface area contributed by atoms with Crippen molar-refractivity contribution >= 4 is 17.1 Å². The topological polar surface area (TPSA) is 143 Å². The Bertz CT molecular complexity index is 1360. The van der Waals surface area contributed by atoms with E-state index in [9.17, 15) is 9.59 Å². The van der Waals surface area contributed by atoms with E-state index in [1.54, 1.807) is 18.2 Å². The van der Waals surface area contributed by atoms with Crippen LogP contribution in [0.1, 0.15) is 19.4 Å². The predicted octanol–water partition coefficient (Wildman–Crippen LogP) is 2.93. The second kappa shape index (κ2) is 8.50. The number of hydrogen-bond donors (Lipinski definition) is 3. The molecule has 0 aliphatic rings. The summed E-state index contributed by atoms with van der Waals surface area (Å²) in [5.74, 6) is 0.275. The van der Waals surface area contributed by atoms with Gasteiger partial charge in [-0.25, -0.2) is 14.9 Å². The lowest BCUT2D eigenvalue weighted by Crippen LogP contribution is -2.22. The van der Waals surface area contributed by atoms with E-state index in [1.807, 2.05) is 32.0 Å². The Hall–Kier alpha value is -4.21. The molecule has 1 atom stereocenters. The highest BCUT2D eigenvalue weighted by atomic mass is 16.5. The van der Waals surface area contributed by atoms with Crippen LogP contribution < -0.4 is 15.0 Å². The first kappa shape index (κ1) is 21.0. The van der Waals surface area contributed by atoms with Gasteiger partial charge in [0.25, 0.3) is 5.56 Å². The number of ether oxygens (including phenoxy) is 2. The first-order chi connectivity index (χ1) is 15.4. The second-order valence-corrected chi connectivity index (χ2v) is 7.20. The number of fused-ring (bicyclic) bond motifs is 1. The number of aliphatic carboxylic acids is 1. The minimum atomic E-state index is -1.04. The molecule has 0 amide bonds. The first-order valence-corrected chi connectivity index (χ1v) is 9.95. The largest absolute Gasteiger partial charge is 0.493 e. The van der Waals surface area contributed by atoms with Gasteiger partial charge in [-0.15, -0.1) is 5.10 Å². The molecule has 0 bridgehead atoms. The predicted molar refractivity (Wildman–Crippen MR) is 117 cm³/mol. The normalized spacial score (nSPS) is 12.0. The van der Waals surface area contributed by atoms with E-state index in [0.717, 1.165) is 16.7 Å². The molecule has 2 aromatic carbocycles. The average molecular weight is 435 g/mol. The van der Waals surface area contributed by atoms with Crippen LogP contribution >= 0.6 is 0 Å². The van der Waals surface area contributed by atoms with Crippen molar-refractivity contribution in [3.05, 3.63) is 52.3 Å². The summed E-state index contributed by atoms with van der Waals surface area (Å²) in [6.07, 6.45) is -0.971. The Morgan fingerprint density at radius 2 is 2.00 bits per heavy atom. The van der Waals surface area contributed by atoms with E-state index in [-0.39, 0.29) is 11.2 Å². The number of aryl methyl sites for hydroxylation is 1. The molecule has 32 heavy (non-hydrogen) atoms. The summed E-state index contributed by atoms with van der Waals surface area (Å²) in [5, 5.41) is 19.1. The van der Waals surface area contributed by atoms with Crippen LogP contribution in [0.5, 0.6) is 11.5 Å². The summed E-state index contributed by atoms with van der Waals surface area (Å²) >= 11 is 0. The van der Waals surface area contributed by atoms with E-state index >= 15 is 0 Å². The van der Waals surface area contributed by atoms with Crippen LogP contribution in [0.4, 0.5) is 0 Å². The third kappa shape index (κ3) is 4.15. The molecule has 0 saturated heterocycles. The zero-order valence-electron chi connectivity index (χ0n) is 17.7. The van der Waals surface area contributed by atoms with Crippen molar-refractivity contribution in [3.8, 4) is 34.0 Å². The van der Waals surface area contributed by atoms with Gasteiger partial charge in [-0.1, -0.05) is 17.3 Å². The zero-order chi connectivity index (χ0) is 22.8. The van der Waals surface area contributed by atoms with Gasteiger partial charge in [-0.2, -0.15) is 0 Å². The highest BCUT2D eigenvalue weighted by Crippen LogP contribution is 2.34. The molecule has 4 aromatic rings. The van der Waals surface area contributed by atoms with Crippen molar-refractivity contribution < 1.29 is 19.4 Å². The Morgan fingerprint density at radius 3 is 2.75 bits per heavy atom. The lowest BCUT2D eigenvalue weighted by atomic mass is 10.0. The molecule has 3 N–H and O–H groups in total. The molecular formula is C22H21N5O5. The molecule has 0 saturated carbocycles. The van der Waals surface area contributed by atoms with Crippen molar-refractivity contribution in [3.63, 3.8) is 0 Å². The van der Waals surface area contributed by atoms with Crippen LogP contribution in [0.15, 0.2) is 41.2 Å². The van der Waals surface area contributed by atoms with Crippen LogP contribution in [0, 0.1) is 6.92 Å². The molecule has 0 aliphatic carbocycles. The maximum Gasteiger partial charge on any atom is 0.344 e. The van der Waals surface area contributed by atoms with E-state index < -0.39 is 17.6 Å². The molecule has 164 valence electrons. The van der Waals surface area contributed by atoms with Crippen LogP contribution in [-0.2, 0) is 4.79 Å². The number of benzene rings is 2. The van der Waals surface area contributed by atoms with Crippen LogP contribution in [0.2, 0.25) is 0 Å². The molecular weight excluding hydrogens is 414 g/mol. The fraction of sp³-hybridized carbons (Fsp3) is 0.227. The molecule has 0 fully saturated rings. The Balaban J connectivity index is 1.77. The monoisotopic (exact) mass is 435 g/mol. The van der Waals surface area contributed by atoms with E-state index in [0.29, 0.717) is 29.5 Å². The van der Waals surface area contributed by atoms with Gasteiger partial charge >= 0.3 is 5.97 Å². The molecule has 2 heterocycles. The van der Waals surface area contributed by atoms with Gasteiger partial charge in [-0.3, -0.25) is 4.79 Å². The molecule has 0 spiro atoms. The molecule has 10 nitrogen and oxygen atoms in total. The minimum Gasteiger partial charge on any atom is -0.493 e. The van der Waals surface area contributed by atoms with Crippen LogP contribution in [0.25, 0.3) is 33.7 Å². The number of aromatic nitrogens is 5. The van der Waals surface area contributed by atoms with E-state index in [2.05, 4.69) is 25.4 Å². The van der Waals surface area contributed by atoms with E-state index in [1.165, 1.54) is 6.92 Å².